The smallest absolute Gasteiger partial charge is 0.269 e. The maximum absolute atomic E-state index is 13.0. The first kappa shape index (κ1) is 26.2. The van der Waals surface area contributed by atoms with Gasteiger partial charge >= 0.3 is 0 Å². The third-order valence-electron chi connectivity index (χ3n) is 4.92. The summed E-state index contributed by atoms with van der Waals surface area (Å²) in [5.41, 5.74) is 2.13. The van der Waals surface area contributed by atoms with Gasteiger partial charge < -0.3 is 15.4 Å². The Balaban J connectivity index is 1.58. The minimum atomic E-state index is -4.04. The Kier molecular flexibility index (Phi) is 7.77. The van der Waals surface area contributed by atoms with Crippen molar-refractivity contribution >= 4 is 67.1 Å². The molecular formula is C23H20IN7O5S. The molecule has 0 aliphatic carbocycles. The van der Waals surface area contributed by atoms with Crippen LogP contribution in [0.5, 0.6) is 11.5 Å². The number of anilines is 2. The van der Waals surface area contributed by atoms with Crippen LogP contribution in [0.2, 0.25) is 0 Å². The molecule has 190 valence electrons. The van der Waals surface area contributed by atoms with Crippen molar-refractivity contribution in [2.75, 3.05) is 17.1 Å². The van der Waals surface area contributed by atoms with Crippen LogP contribution in [0.3, 0.4) is 0 Å². The number of hydrogen-bond acceptors (Lipinski definition) is 9. The number of benzene rings is 2. The van der Waals surface area contributed by atoms with Crippen LogP contribution in [-0.4, -0.2) is 47.4 Å². The number of hydrogen-bond donors (Lipinski definition) is 3. The molecule has 0 unspecified atom stereocenters. The summed E-state index contributed by atoms with van der Waals surface area (Å²) in [4.78, 5) is 31.5. The van der Waals surface area contributed by atoms with Gasteiger partial charge in [0.05, 0.1) is 10.4 Å². The molecule has 0 radical (unpaired) electrons. The van der Waals surface area contributed by atoms with E-state index >= 15 is 0 Å². The Morgan fingerprint density at radius 2 is 1.78 bits per heavy atom. The standard InChI is InChI=1S/C23H20IN7O5S/c1-13(32)27-18-6-4-17(9-14(18)12-24)37(34,35)31-23-28-20-10-15(3-5-19(20)29-30-23)36-16-7-8-26-21(11-16)22(33)25-2/h3-11H,12H2,1-2H3,(H,25,33)(H,27,32)(H,28,30,31). The molecule has 4 rings (SSSR count). The van der Waals surface area contributed by atoms with Gasteiger partial charge in [-0.1, -0.05) is 22.6 Å². The zero-order valence-electron chi connectivity index (χ0n) is 19.5. The minimum Gasteiger partial charge on any atom is -0.457 e. The highest BCUT2D eigenvalue weighted by Crippen LogP contribution is 2.26. The summed E-state index contributed by atoms with van der Waals surface area (Å²) in [6.07, 6.45) is 1.45. The highest BCUT2D eigenvalue weighted by Gasteiger charge is 2.19. The number of amides is 2. The Labute approximate surface area is 225 Å². The molecule has 2 aromatic heterocycles. The predicted octanol–water partition coefficient (Wildman–Crippen LogP) is 3.27. The SMILES string of the molecule is CNC(=O)c1cc(Oc2ccc3nnc(NS(=O)(=O)c4ccc(NC(C)=O)c(CI)c4)nc3c2)ccn1. The van der Waals surface area contributed by atoms with Gasteiger partial charge in [-0.3, -0.25) is 14.6 Å². The van der Waals surface area contributed by atoms with Crippen molar-refractivity contribution in [1.82, 2.24) is 25.5 Å². The van der Waals surface area contributed by atoms with Crippen LogP contribution < -0.4 is 20.1 Å². The van der Waals surface area contributed by atoms with E-state index in [0.717, 1.165) is 0 Å². The van der Waals surface area contributed by atoms with Gasteiger partial charge in [-0.2, -0.15) is 0 Å². The maximum atomic E-state index is 13.0. The van der Waals surface area contributed by atoms with Gasteiger partial charge in [-0.25, -0.2) is 18.1 Å². The molecule has 0 atom stereocenters. The summed E-state index contributed by atoms with van der Waals surface area (Å²) in [5, 5.41) is 13.1. The van der Waals surface area contributed by atoms with Crippen LogP contribution in [0.1, 0.15) is 23.0 Å². The van der Waals surface area contributed by atoms with Crippen LogP contribution in [0.25, 0.3) is 11.0 Å². The quantitative estimate of drug-likeness (QED) is 0.195. The predicted molar refractivity (Wildman–Crippen MR) is 144 cm³/mol. The first-order valence-electron chi connectivity index (χ1n) is 10.7. The van der Waals surface area contributed by atoms with Crippen LogP contribution in [-0.2, 0) is 19.2 Å². The molecule has 2 heterocycles. The molecule has 0 saturated carbocycles. The normalized spacial score (nSPS) is 11.1. The molecule has 14 heteroatoms. The number of nitrogens with zero attached hydrogens (tertiary/aromatic N) is 4. The fourth-order valence-electron chi connectivity index (χ4n) is 3.22. The third-order valence-corrected chi connectivity index (χ3v) is 7.07. The second-order valence-corrected chi connectivity index (χ2v) is 10.0. The molecule has 4 aromatic rings. The summed E-state index contributed by atoms with van der Waals surface area (Å²) in [6.45, 7) is 1.38. The van der Waals surface area contributed by atoms with Crippen molar-refractivity contribution in [3.05, 3.63) is 66.0 Å². The average molecular weight is 633 g/mol. The van der Waals surface area contributed by atoms with Crippen LogP contribution in [0, 0.1) is 0 Å². The second-order valence-electron chi connectivity index (χ2n) is 7.58. The fourth-order valence-corrected chi connectivity index (χ4v) is 4.84. The van der Waals surface area contributed by atoms with Gasteiger partial charge in [0.2, 0.25) is 5.91 Å². The molecule has 2 aromatic carbocycles. The molecule has 12 nitrogen and oxygen atoms in total. The number of rotatable bonds is 8. The molecular weight excluding hydrogens is 613 g/mol. The number of fused-ring (bicyclic) bond motifs is 1. The van der Waals surface area contributed by atoms with Crippen molar-refractivity contribution < 1.29 is 22.7 Å². The monoisotopic (exact) mass is 633 g/mol. The van der Waals surface area contributed by atoms with Gasteiger partial charge in [0, 0.05) is 42.4 Å². The highest BCUT2D eigenvalue weighted by atomic mass is 127. The Morgan fingerprint density at radius 3 is 2.51 bits per heavy atom. The molecule has 0 saturated heterocycles. The first-order valence-corrected chi connectivity index (χ1v) is 13.7. The Morgan fingerprint density at radius 1 is 1.00 bits per heavy atom. The van der Waals surface area contributed by atoms with E-state index in [9.17, 15) is 18.0 Å². The topological polar surface area (TPSA) is 165 Å². The first-order chi connectivity index (χ1) is 17.7. The number of carbonyl (C=O) groups excluding carboxylic acids is 2. The molecule has 0 aliphatic heterocycles. The number of ether oxygens (including phenoxy) is 1. The van der Waals surface area contributed by atoms with E-state index in [1.54, 1.807) is 24.3 Å². The molecule has 0 fully saturated rings. The van der Waals surface area contributed by atoms with Gasteiger partial charge in [0.15, 0.2) is 0 Å². The summed E-state index contributed by atoms with van der Waals surface area (Å²) in [7, 11) is -2.54. The molecule has 0 aliphatic rings. The van der Waals surface area contributed by atoms with Gasteiger partial charge in [-0.05, 0) is 42.0 Å². The van der Waals surface area contributed by atoms with Crippen molar-refractivity contribution in [3.8, 4) is 11.5 Å². The van der Waals surface area contributed by atoms with E-state index in [0.29, 0.717) is 38.2 Å². The number of alkyl halides is 1. The average Bonchev–Trinajstić information content (AvgIpc) is 2.87. The summed E-state index contributed by atoms with van der Waals surface area (Å²) < 4.78 is 34.6. The number of sulfonamides is 1. The lowest BCUT2D eigenvalue weighted by molar-refractivity contribution is -0.114. The van der Waals surface area contributed by atoms with Crippen molar-refractivity contribution in [2.24, 2.45) is 0 Å². The van der Waals surface area contributed by atoms with E-state index in [1.807, 2.05) is 0 Å². The number of nitrogens with one attached hydrogen (secondary N) is 3. The van der Waals surface area contributed by atoms with E-state index in [4.69, 9.17) is 4.74 Å². The van der Waals surface area contributed by atoms with E-state index in [2.05, 4.69) is 58.1 Å². The molecule has 3 N–H and O–H groups in total. The maximum Gasteiger partial charge on any atom is 0.269 e. The largest absolute Gasteiger partial charge is 0.457 e. The number of pyridine rings is 1. The van der Waals surface area contributed by atoms with Crippen molar-refractivity contribution in [3.63, 3.8) is 0 Å². The fraction of sp³-hybridized carbons (Fsp3) is 0.130. The molecule has 0 bridgehead atoms. The zero-order valence-corrected chi connectivity index (χ0v) is 22.5. The number of halogens is 1. The molecule has 37 heavy (non-hydrogen) atoms. The summed E-state index contributed by atoms with van der Waals surface area (Å²) in [5.74, 6) is -0.0685. The lowest BCUT2D eigenvalue weighted by atomic mass is 10.2. The van der Waals surface area contributed by atoms with Crippen LogP contribution in [0.15, 0.2) is 59.6 Å². The Bertz CT molecular complexity index is 1610. The molecule has 0 spiro atoms. The number of carbonyl (C=O) groups is 2. The van der Waals surface area contributed by atoms with Gasteiger partial charge in [0.1, 0.15) is 22.7 Å². The Hall–Kier alpha value is -3.92. The van der Waals surface area contributed by atoms with Crippen molar-refractivity contribution in [1.29, 1.82) is 0 Å². The third kappa shape index (κ3) is 6.26. The minimum absolute atomic E-state index is 0.0151. The van der Waals surface area contributed by atoms with Crippen LogP contribution in [0.4, 0.5) is 11.6 Å². The summed E-state index contributed by atoms with van der Waals surface area (Å²) in [6, 6.07) is 12.3. The van der Waals surface area contributed by atoms with Crippen LogP contribution >= 0.6 is 22.6 Å². The van der Waals surface area contributed by atoms with Crippen molar-refractivity contribution in [2.45, 2.75) is 16.2 Å². The highest BCUT2D eigenvalue weighted by molar-refractivity contribution is 14.1. The van der Waals surface area contributed by atoms with Gasteiger partial charge in [0.25, 0.3) is 21.9 Å². The lowest BCUT2D eigenvalue weighted by Crippen LogP contribution is -2.18. The van der Waals surface area contributed by atoms with E-state index < -0.39 is 10.0 Å². The molecule has 2 amide bonds. The van der Waals surface area contributed by atoms with E-state index in [1.165, 1.54) is 44.4 Å². The summed E-state index contributed by atoms with van der Waals surface area (Å²) >= 11 is 2.08. The zero-order chi connectivity index (χ0) is 26.6. The van der Waals surface area contributed by atoms with Gasteiger partial charge in [-0.15, -0.1) is 10.2 Å². The van der Waals surface area contributed by atoms with E-state index in [-0.39, 0.29) is 28.4 Å². The lowest BCUT2D eigenvalue weighted by Gasteiger charge is -2.12. The number of aromatic nitrogens is 4. The second kappa shape index (κ2) is 11.0.